The van der Waals surface area contributed by atoms with Crippen LogP contribution in [0.2, 0.25) is 0 Å². The first kappa shape index (κ1) is 17.5. The van der Waals surface area contributed by atoms with E-state index in [1.54, 1.807) is 18.6 Å². The van der Waals surface area contributed by atoms with Gasteiger partial charge in [-0.05, 0) is 52.5 Å². The number of rotatable bonds is 6. The van der Waals surface area contributed by atoms with Gasteiger partial charge in [0.1, 0.15) is 22.9 Å². The van der Waals surface area contributed by atoms with Crippen molar-refractivity contribution in [2.45, 2.75) is 13.0 Å². The van der Waals surface area contributed by atoms with Crippen molar-refractivity contribution in [2.75, 3.05) is 19.0 Å². The first-order valence-electron chi connectivity index (χ1n) is 6.99. The molecule has 0 radical (unpaired) electrons. The molecule has 0 aliphatic rings. The molecule has 1 amide bonds. The van der Waals surface area contributed by atoms with Crippen LogP contribution in [0.25, 0.3) is 0 Å². The Kier molecular flexibility index (Phi) is 6.16. The Morgan fingerprint density at radius 2 is 2.30 bits per heavy atom. The zero-order chi connectivity index (χ0) is 16.8. The van der Waals surface area contributed by atoms with E-state index < -0.39 is 0 Å². The largest absolute Gasteiger partial charge is 0.496 e. The quantitative estimate of drug-likeness (QED) is 0.790. The number of quaternary nitrogens is 1. The van der Waals surface area contributed by atoms with E-state index in [9.17, 15) is 4.79 Å². The number of amides is 1. The van der Waals surface area contributed by atoms with Gasteiger partial charge in [-0.1, -0.05) is 0 Å². The van der Waals surface area contributed by atoms with Crippen molar-refractivity contribution < 1.29 is 14.8 Å². The van der Waals surface area contributed by atoms with E-state index in [0.29, 0.717) is 10.6 Å². The molecule has 1 heterocycles. The number of hydrogen-bond acceptors (Lipinski definition) is 4. The molecule has 0 bridgehead atoms. The van der Waals surface area contributed by atoms with Crippen LogP contribution in [-0.2, 0) is 4.79 Å². The Hall–Kier alpha value is -1.88. The van der Waals surface area contributed by atoms with Crippen LogP contribution in [0.3, 0.4) is 0 Å². The van der Waals surface area contributed by atoms with Gasteiger partial charge >= 0.3 is 0 Å². The molecule has 0 fully saturated rings. The number of ether oxygens (including phenoxy) is 1. The first-order valence-corrected chi connectivity index (χ1v) is 8.66. The van der Waals surface area contributed by atoms with Gasteiger partial charge in [-0.2, -0.15) is 5.26 Å². The third-order valence-corrected chi connectivity index (χ3v) is 4.85. The summed E-state index contributed by atoms with van der Waals surface area (Å²) >= 11 is 4.81. The molecule has 5 nitrogen and oxygen atoms in total. The van der Waals surface area contributed by atoms with Gasteiger partial charge in [-0.25, -0.2) is 0 Å². The number of hydrogen-bond donors (Lipinski definition) is 2. The topological polar surface area (TPSA) is 78.7 Å². The third-order valence-electron chi connectivity index (χ3n) is 3.40. The Labute approximate surface area is 147 Å². The highest BCUT2D eigenvalue weighted by Crippen LogP contribution is 2.27. The summed E-state index contributed by atoms with van der Waals surface area (Å²) in [5.41, 5.74) is 1.59. The van der Waals surface area contributed by atoms with Crippen molar-refractivity contribution in [1.29, 1.82) is 5.26 Å². The zero-order valence-corrected chi connectivity index (χ0v) is 15.2. The summed E-state index contributed by atoms with van der Waals surface area (Å²) in [6.07, 6.45) is 0. The van der Waals surface area contributed by atoms with E-state index in [4.69, 9.17) is 10.00 Å². The van der Waals surface area contributed by atoms with Gasteiger partial charge in [0.2, 0.25) is 0 Å². The number of nitrogens with one attached hydrogen (secondary N) is 1. The van der Waals surface area contributed by atoms with Crippen LogP contribution >= 0.6 is 27.3 Å². The molecule has 2 aromatic rings. The molecular weight excluding hydrogens is 378 g/mol. The molecule has 7 heteroatoms. The monoisotopic (exact) mass is 394 g/mol. The van der Waals surface area contributed by atoms with Crippen molar-refractivity contribution >= 4 is 38.2 Å². The van der Waals surface area contributed by atoms with Crippen LogP contribution < -0.4 is 15.4 Å². The smallest absolute Gasteiger partial charge is 0.280 e. The van der Waals surface area contributed by atoms with Gasteiger partial charge in [-0.15, -0.1) is 11.3 Å². The fourth-order valence-corrected chi connectivity index (χ4v) is 3.37. The molecule has 23 heavy (non-hydrogen) atoms. The van der Waals surface area contributed by atoms with Crippen molar-refractivity contribution in [3.63, 3.8) is 0 Å². The maximum atomic E-state index is 12.0. The number of benzene rings is 1. The molecule has 3 N–H and O–H groups in total. The summed E-state index contributed by atoms with van der Waals surface area (Å²) in [7, 11) is 1.62. The summed E-state index contributed by atoms with van der Waals surface area (Å²) in [5.74, 6) is 0.656. The summed E-state index contributed by atoms with van der Waals surface area (Å²) in [5, 5.41) is 16.1. The van der Waals surface area contributed by atoms with Crippen LogP contribution in [0.15, 0.2) is 34.1 Å². The van der Waals surface area contributed by atoms with Gasteiger partial charge in [0.25, 0.3) is 5.91 Å². The minimum Gasteiger partial charge on any atom is -0.496 e. The Balaban J connectivity index is 1.91. The standard InChI is InChI=1S/C16H16BrN3O2S/c1-10(11-3-4-14(22-2)13(17)7-11)19-9-15(21)20-16-12(8-18)5-6-23-16/h3-7,10,19H,9H2,1-2H3,(H,20,21)/p+1/t10-/m1/s1. The van der Waals surface area contributed by atoms with Crippen LogP contribution in [0.4, 0.5) is 5.00 Å². The van der Waals surface area contributed by atoms with Crippen molar-refractivity contribution in [3.05, 3.63) is 45.2 Å². The average Bonchev–Trinajstić information content (AvgIpc) is 2.99. The lowest BCUT2D eigenvalue weighted by atomic mass is 10.1. The molecular formula is C16H17BrN3O2S+. The van der Waals surface area contributed by atoms with Gasteiger partial charge in [0, 0.05) is 5.56 Å². The highest BCUT2D eigenvalue weighted by atomic mass is 79.9. The minimum absolute atomic E-state index is 0.122. The number of carbonyl (C=O) groups is 1. The average molecular weight is 395 g/mol. The molecule has 0 aliphatic carbocycles. The van der Waals surface area contributed by atoms with Crippen LogP contribution in [0, 0.1) is 11.3 Å². The van der Waals surface area contributed by atoms with E-state index in [1.807, 2.05) is 30.4 Å². The van der Waals surface area contributed by atoms with Crippen molar-refractivity contribution in [2.24, 2.45) is 0 Å². The normalized spacial score (nSPS) is 11.6. The number of nitriles is 1. The summed E-state index contributed by atoms with van der Waals surface area (Å²) < 4.78 is 6.10. The molecule has 0 saturated heterocycles. The lowest BCUT2D eigenvalue weighted by Gasteiger charge is -2.12. The third kappa shape index (κ3) is 4.55. The molecule has 1 aromatic carbocycles. The SMILES string of the molecule is COc1ccc([C@@H](C)[NH2+]CC(=O)Nc2sccc2C#N)cc1Br. The number of thiophene rings is 1. The molecule has 0 aliphatic heterocycles. The summed E-state index contributed by atoms with van der Waals surface area (Å²) in [4.78, 5) is 12.0. The minimum atomic E-state index is -0.122. The van der Waals surface area contributed by atoms with E-state index in [0.717, 1.165) is 15.8 Å². The Bertz CT molecular complexity index is 739. The second-order valence-electron chi connectivity index (χ2n) is 4.95. The van der Waals surface area contributed by atoms with Gasteiger partial charge < -0.3 is 15.4 Å². The second-order valence-corrected chi connectivity index (χ2v) is 6.72. The fourth-order valence-electron chi connectivity index (χ4n) is 2.06. The second kappa shape index (κ2) is 8.11. The van der Waals surface area contributed by atoms with E-state index in [1.165, 1.54) is 11.3 Å². The van der Waals surface area contributed by atoms with Gasteiger partial charge in [0.15, 0.2) is 6.54 Å². The predicted octanol–water partition coefficient (Wildman–Crippen LogP) is 2.65. The van der Waals surface area contributed by atoms with E-state index in [2.05, 4.69) is 27.3 Å². The lowest BCUT2D eigenvalue weighted by molar-refractivity contribution is -0.682. The van der Waals surface area contributed by atoms with Crippen molar-refractivity contribution in [1.82, 2.24) is 0 Å². The molecule has 1 atom stereocenters. The molecule has 1 aromatic heterocycles. The number of nitrogens with zero attached hydrogens (tertiary/aromatic N) is 1. The van der Waals surface area contributed by atoms with Crippen LogP contribution in [0.1, 0.15) is 24.1 Å². The van der Waals surface area contributed by atoms with Crippen LogP contribution in [0.5, 0.6) is 5.75 Å². The molecule has 0 saturated carbocycles. The molecule has 120 valence electrons. The molecule has 2 rings (SSSR count). The molecule has 0 spiro atoms. The lowest BCUT2D eigenvalue weighted by Crippen LogP contribution is -2.86. The number of nitrogens with two attached hydrogens (primary N) is 1. The summed E-state index contributed by atoms with van der Waals surface area (Å²) in [6, 6.07) is 9.75. The number of anilines is 1. The van der Waals surface area contributed by atoms with E-state index in [-0.39, 0.29) is 18.5 Å². The maximum absolute atomic E-state index is 12.0. The van der Waals surface area contributed by atoms with E-state index >= 15 is 0 Å². The van der Waals surface area contributed by atoms with Crippen LogP contribution in [-0.4, -0.2) is 19.6 Å². The fraction of sp³-hybridized carbons (Fsp3) is 0.250. The zero-order valence-electron chi connectivity index (χ0n) is 12.8. The van der Waals surface area contributed by atoms with Crippen molar-refractivity contribution in [3.8, 4) is 11.8 Å². The molecule has 0 unspecified atom stereocenters. The Morgan fingerprint density at radius 3 is 2.96 bits per heavy atom. The maximum Gasteiger partial charge on any atom is 0.280 e. The van der Waals surface area contributed by atoms with Gasteiger partial charge in [0.05, 0.1) is 17.1 Å². The number of halogens is 1. The predicted molar refractivity (Wildman–Crippen MR) is 93.6 cm³/mol. The van der Waals surface area contributed by atoms with Gasteiger partial charge in [-0.3, -0.25) is 4.79 Å². The first-order chi connectivity index (χ1) is 11.0. The highest BCUT2D eigenvalue weighted by Gasteiger charge is 2.14. The number of methoxy groups -OCH3 is 1. The highest BCUT2D eigenvalue weighted by molar-refractivity contribution is 9.10. The number of carbonyl (C=O) groups excluding carboxylic acids is 1. The summed E-state index contributed by atoms with van der Waals surface area (Å²) in [6.45, 7) is 2.32. The Morgan fingerprint density at radius 1 is 1.52 bits per heavy atom.